The van der Waals surface area contributed by atoms with E-state index in [2.05, 4.69) is 20.9 Å². The minimum atomic E-state index is -0.343. The number of amides is 3. The monoisotopic (exact) mass is 266 g/mol. The van der Waals surface area contributed by atoms with Crippen LogP contribution in [0.15, 0.2) is 0 Å². The molecule has 2 unspecified atom stereocenters. The van der Waals surface area contributed by atoms with Gasteiger partial charge in [-0.2, -0.15) is 0 Å². The third-order valence-electron chi connectivity index (χ3n) is 4.27. The van der Waals surface area contributed by atoms with Crippen LogP contribution in [0, 0.1) is 5.92 Å². The highest BCUT2D eigenvalue weighted by atomic mass is 16.2. The number of carbonyl (C=O) groups excluding carboxylic acids is 2. The molecule has 1 saturated carbocycles. The highest BCUT2D eigenvalue weighted by molar-refractivity contribution is 5.95. The smallest absolute Gasteiger partial charge is 0.321 e. The molecule has 106 valence electrons. The van der Waals surface area contributed by atoms with Gasteiger partial charge >= 0.3 is 6.03 Å². The van der Waals surface area contributed by atoms with Gasteiger partial charge in [0, 0.05) is 25.2 Å². The van der Waals surface area contributed by atoms with E-state index in [4.69, 9.17) is 0 Å². The Morgan fingerprint density at radius 2 is 2.05 bits per heavy atom. The molecule has 1 aliphatic carbocycles. The van der Waals surface area contributed by atoms with E-state index in [0.717, 1.165) is 38.9 Å². The van der Waals surface area contributed by atoms with Crippen LogP contribution in [0.1, 0.15) is 25.7 Å². The average molecular weight is 266 g/mol. The number of hydrogen-bond acceptors (Lipinski definition) is 4. The molecule has 3 rings (SSSR count). The van der Waals surface area contributed by atoms with Gasteiger partial charge in [0.05, 0.1) is 6.54 Å². The van der Waals surface area contributed by atoms with Gasteiger partial charge < -0.3 is 10.6 Å². The van der Waals surface area contributed by atoms with E-state index in [-0.39, 0.29) is 18.0 Å². The second-order valence-corrected chi connectivity index (χ2v) is 5.93. The molecule has 2 aliphatic heterocycles. The summed E-state index contributed by atoms with van der Waals surface area (Å²) in [6, 6.07) is 0.579. The number of carbonyl (C=O) groups is 2. The van der Waals surface area contributed by atoms with Crippen LogP contribution in [-0.2, 0) is 4.79 Å². The van der Waals surface area contributed by atoms with Crippen molar-refractivity contribution in [1.29, 1.82) is 0 Å². The van der Waals surface area contributed by atoms with Crippen LogP contribution in [0.3, 0.4) is 0 Å². The first-order chi connectivity index (χ1) is 9.20. The lowest BCUT2D eigenvalue weighted by atomic mass is 9.93. The Bertz CT molecular complexity index is 370. The van der Waals surface area contributed by atoms with Crippen molar-refractivity contribution in [3.8, 4) is 0 Å². The van der Waals surface area contributed by atoms with Crippen molar-refractivity contribution in [2.24, 2.45) is 5.92 Å². The first-order valence-electron chi connectivity index (χ1n) is 7.27. The summed E-state index contributed by atoms with van der Waals surface area (Å²) in [6.45, 7) is 3.33. The van der Waals surface area contributed by atoms with Crippen LogP contribution < -0.4 is 16.0 Å². The van der Waals surface area contributed by atoms with Gasteiger partial charge in [-0.1, -0.05) is 0 Å². The molecule has 6 heteroatoms. The number of nitrogens with one attached hydrogen (secondary N) is 3. The van der Waals surface area contributed by atoms with Crippen molar-refractivity contribution in [2.45, 2.75) is 37.8 Å². The molecule has 2 saturated heterocycles. The molecule has 0 bridgehead atoms. The molecule has 0 spiro atoms. The van der Waals surface area contributed by atoms with Gasteiger partial charge in [-0.3, -0.25) is 15.0 Å². The largest absolute Gasteiger partial charge is 0.335 e. The predicted molar refractivity (Wildman–Crippen MR) is 70.7 cm³/mol. The van der Waals surface area contributed by atoms with Crippen LogP contribution >= 0.6 is 0 Å². The van der Waals surface area contributed by atoms with Crippen molar-refractivity contribution in [1.82, 2.24) is 20.9 Å². The van der Waals surface area contributed by atoms with E-state index in [9.17, 15) is 9.59 Å². The third kappa shape index (κ3) is 3.45. The number of hydrogen-bond donors (Lipinski definition) is 3. The summed E-state index contributed by atoms with van der Waals surface area (Å²) in [6.07, 6.45) is 4.37. The number of urea groups is 1. The van der Waals surface area contributed by atoms with Crippen LogP contribution in [0.2, 0.25) is 0 Å². The molecule has 3 aliphatic rings. The molecular formula is C13H22N4O2. The molecule has 0 aromatic heterocycles. The summed E-state index contributed by atoms with van der Waals surface area (Å²) in [7, 11) is 0. The third-order valence-corrected chi connectivity index (χ3v) is 4.27. The van der Waals surface area contributed by atoms with E-state index in [1.807, 2.05) is 0 Å². The van der Waals surface area contributed by atoms with Crippen molar-refractivity contribution in [3.05, 3.63) is 0 Å². The van der Waals surface area contributed by atoms with Crippen molar-refractivity contribution in [2.75, 3.05) is 26.2 Å². The Morgan fingerprint density at radius 3 is 2.84 bits per heavy atom. The maximum absolute atomic E-state index is 11.8. The highest BCUT2D eigenvalue weighted by Gasteiger charge is 2.33. The number of likely N-dealkylation sites (tertiary alicyclic amines) is 1. The van der Waals surface area contributed by atoms with Gasteiger partial charge in [0.15, 0.2) is 0 Å². The van der Waals surface area contributed by atoms with Gasteiger partial charge in [-0.15, -0.1) is 0 Å². The fourth-order valence-corrected chi connectivity index (χ4v) is 3.08. The fraction of sp³-hybridized carbons (Fsp3) is 0.846. The zero-order chi connectivity index (χ0) is 13.2. The molecule has 2 atom stereocenters. The Kier molecular flexibility index (Phi) is 3.70. The normalized spacial score (nSPS) is 30.7. The maximum Gasteiger partial charge on any atom is 0.321 e. The molecule has 3 amide bonds. The van der Waals surface area contributed by atoms with Crippen molar-refractivity contribution >= 4 is 11.9 Å². The number of fused-ring (bicyclic) bond motifs is 1. The van der Waals surface area contributed by atoms with Crippen molar-refractivity contribution in [3.63, 3.8) is 0 Å². The van der Waals surface area contributed by atoms with E-state index in [1.165, 1.54) is 6.42 Å². The van der Waals surface area contributed by atoms with Gasteiger partial charge in [-0.25, -0.2) is 4.79 Å². The quantitative estimate of drug-likeness (QED) is 0.653. The molecular weight excluding hydrogens is 244 g/mol. The van der Waals surface area contributed by atoms with E-state index >= 15 is 0 Å². The summed E-state index contributed by atoms with van der Waals surface area (Å²) in [4.78, 5) is 25.4. The number of piperidine rings is 1. The molecule has 0 radical (unpaired) electrons. The summed E-state index contributed by atoms with van der Waals surface area (Å²) < 4.78 is 0. The zero-order valence-corrected chi connectivity index (χ0v) is 11.2. The first kappa shape index (κ1) is 12.9. The molecule has 19 heavy (non-hydrogen) atoms. The Morgan fingerprint density at radius 1 is 1.21 bits per heavy atom. The van der Waals surface area contributed by atoms with Crippen molar-refractivity contribution < 1.29 is 9.59 Å². The zero-order valence-electron chi connectivity index (χ0n) is 11.2. The second-order valence-electron chi connectivity index (χ2n) is 5.93. The molecule has 2 heterocycles. The van der Waals surface area contributed by atoms with E-state index in [1.54, 1.807) is 0 Å². The molecule has 3 N–H and O–H groups in total. The first-order valence-corrected chi connectivity index (χ1v) is 7.27. The second kappa shape index (κ2) is 5.46. The fourth-order valence-electron chi connectivity index (χ4n) is 3.08. The lowest BCUT2D eigenvalue weighted by molar-refractivity contribution is -0.121. The van der Waals surface area contributed by atoms with Crippen LogP contribution in [0.25, 0.3) is 0 Å². The lowest BCUT2D eigenvalue weighted by Gasteiger charge is -2.34. The topological polar surface area (TPSA) is 73.5 Å². The van der Waals surface area contributed by atoms with Gasteiger partial charge in [-0.05, 0) is 38.1 Å². The summed E-state index contributed by atoms with van der Waals surface area (Å²) in [5, 5.41) is 8.67. The van der Waals surface area contributed by atoms with E-state index < -0.39 is 0 Å². The standard InChI is InChI=1S/C13H22N4O2/c18-12(16-13(19)15-10-1-2-10)8-17-6-4-11-9(7-17)3-5-14-11/h9-11,14H,1-8H2,(H2,15,16,18,19). The predicted octanol–water partition coefficient (Wildman–Crippen LogP) is -0.342. The molecule has 0 aromatic carbocycles. The Hall–Kier alpha value is -1.14. The average Bonchev–Trinajstić information content (AvgIpc) is 3.04. The Labute approximate surface area is 113 Å². The van der Waals surface area contributed by atoms with Crippen LogP contribution in [0.4, 0.5) is 4.79 Å². The number of rotatable bonds is 3. The lowest BCUT2D eigenvalue weighted by Crippen LogP contribution is -2.50. The number of nitrogens with zero attached hydrogens (tertiary/aromatic N) is 1. The number of imide groups is 1. The summed E-state index contributed by atoms with van der Waals surface area (Å²) in [5.74, 6) is 0.476. The summed E-state index contributed by atoms with van der Waals surface area (Å²) >= 11 is 0. The minimum Gasteiger partial charge on any atom is -0.335 e. The van der Waals surface area contributed by atoms with Gasteiger partial charge in [0.1, 0.15) is 0 Å². The van der Waals surface area contributed by atoms with Crippen LogP contribution in [0.5, 0.6) is 0 Å². The molecule has 3 fully saturated rings. The van der Waals surface area contributed by atoms with Gasteiger partial charge in [0.2, 0.25) is 5.91 Å². The molecule has 0 aromatic rings. The van der Waals surface area contributed by atoms with Gasteiger partial charge in [0.25, 0.3) is 0 Å². The summed E-state index contributed by atoms with van der Waals surface area (Å²) in [5.41, 5.74) is 0. The van der Waals surface area contributed by atoms with E-state index in [0.29, 0.717) is 18.5 Å². The highest BCUT2D eigenvalue weighted by Crippen LogP contribution is 2.24. The maximum atomic E-state index is 11.8. The molecule has 6 nitrogen and oxygen atoms in total. The minimum absolute atomic E-state index is 0.192. The SMILES string of the molecule is O=C(CN1CCC2NCCC2C1)NC(=O)NC1CC1. The Balaban J connectivity index is 1.40. The van der Waals surface area contributed by atoms with Crippen LogP contribution in [-0.4, -0.2) is 55.1 Å².